The number of nitrogens with one attached hydrogen (secondary N) is 1. The number of aryl methyl sites for hydroxylation is 1. The van der Waals surface area contributed by atoms with Crippen LogP contribution < -0.4 is 5.32 Å². The van der Waals surface area contributed by atoms with Crippen LogP contribution in [0.1, 0.15) is 30.8 Å². The lowest BCUT2D eigenvalue weighted by molar-refractivity contribution is 0.516. The monoisotopic (exact) mass is 245 g/mol. The Hall–Kier alpha value is -1.75. The normalized spacial score (nSPS) is 12.6. The molecule has 1 unspecified atom stereocenters. The SMILES string of the molecule is CCCn1ncnc1CC(NC)c1ccncc1. The van der Waals surface area contributed by atoms with Crippen LogP contribution in [0.15, 0.2) is 30.9 Å². The molecule has 0 saturated heterocycles. The highest BCUT2D eigenvalue weighted by Gasteiger charge is 2.13. The molecule has 0 aliphatic carbocycles. The molecule has 18 heavy (non-hydrogen) atoms. The zero-order chi connectivity index (χ0) is 12.8. The number of pyridine rings is 1. The molecule has 5 heteroatoms. The lowest BCUT2D eigenvalue weighted by atomic mass is 10.1. The number of hydrogen-bond donors (Lipinski definition) is 1. The van der Waals surface area contributed by atoms with Crippen LogP contribution in [-0.4, -0.2) is 26.8 Å². The first kappa shape index (κ1) is 12.7. The van der Waals surface area contributed by atoms with E-state index < -0.39 is 0 Å². The average molecular weight is 245 g/mol. The molecule has 2 aromatic heterocycles. The Morgan fingerprint density at radius 1 is 1.33 bits per heavy atom. The molecule has 0 bridgehead atoms. The van der Waals surface area contributed by atoms with Crippen LogP contribution in [0.25, 0.3) is 0 Å². The second-order valence-electron chi connectivity index (χ2n) is 4.23. The van der Waals surface area contributed by atoms with Crippen LogP contribution in [-0.2, 0) is 13.0 Å². The lowest BCUT2D eigenvalue weighted by Crippen LogP contribution is -2.21. The highest BCUT2D eigenvalue weighted by Crippen LogP contribution is 2.16. The van der Waals surface area contributed by atoms with E-state index >= 15 is 0 Å². The third-order valence-electron chi connectivity index (χ3n) is 2.97. The van der Waals surface area contributed by atoms with Gasteiger partial charge in [-0.25, -0.2) is 4.98 Å². The molecule has 0 radical (unpaired) electrons. The summed E-state index contributed by atoms with van der Waals surface area (Å²) >= 11 is 0. The van der Waals surface area contributed by atoms with Crippen molar-refractivity contribution < 1.29 is 0 Å². The molecule has 0 spiro atoms. The van der Waals surface area contributed by atoms with Crippen LogP contribution in [0, 0.1) is 0 Å². The predicted octanol–water partition coefficient (Wildman–Crippen LogP) is 1.59. The Morgan fingerprint density at radius 3 is 2.78 bits per heavy atom. The molecule has 0 aliphatic heterocycles. The van der Waals surface area contributed by atoms with Crippen LogP contribution in [0.4, 0.5) is 0 Å². The van der Waals surface area contributed by atoms with Crippen LogP contribution in [0.3, 0.4) is 0 Å². The maximum atomic E-state index is 4.34. The van der Waals surface area contributed by atoms with Gasteiger partial charge in [-0.05, 0) is 31.2 Å². The van der Waals surface area contributed by atoms with Gasteiger partial charge in [-0.2, -0.15) is 5.10 Å². The van der Waals surface area contributed by atoms with Gasteiger partial charge in [0.1, 0.15) is 12.2 Å². The van der Waals surface area contributed by atoms with Crippen molar-refractivity contribution in [2.45, 2.75) is 32.4 Å². The van der Waals surface area contributed by atoms with E-state index in [1.807, 2.05) is 36.3 Å². The molecule has 2 heterocycles. The topological polar surface area (TPSA) is 55.6 Å². The highest BCUT2D eigenvalue weighted by molar-refractivity contribution is 5.16. The van der Waals surface area contributed by atoms with E-state index in [1.165, 1.54) is 5.56 Å². The summed E-state index contributed by atoms with van der Waals surface area (Å²) in [6.07, 6.45) is 7.16. The minimum absolute atomic E-state index is 0.243. The van der Waals surface area contributed by atoms with Gasteiger partial charge in [0, 0.05) is 31.4 Å². The van der Waals surface area contributed by atoms with E-state index in [9.17, 15) is 0 Å². The molecule has 0 aliphatic rings. The molecule has 96 valence electrons. The van der Waals surface area contributed by atoms with Gasteiger partial charge >= 0.3 is 0 Å². The lowest BCUT2D eigenvalue weighted by Gasteiger charge is -2.16. The fourth-order valence-corrected chi connectivity index (χ4v) is 2.01. The first-order valence-corrected chi connectivity index (χ1v) is 6.29. The second kappa shape index (κ2) is 6.26. The molecule has 2 aromatic rings. The third kappa shape index (κ3) is 2.92. The largest absolute Gasteiger partial charge is 0.313 e. The first-order valence-electron chi connectivity index (χ1n) is 6.29. The molecule has 0 fully saturated rings. The number of likely N-dealkylation sites (N-methyl/N-ethyl adjacent to an activating group) is 1. The molecule has 0 saturated carbocycles. The quantitative estimate of drug-likeness (QED) is 0.839. The fourth-order valence-electron chi connectivity index (χ4n) is 2.01. The second-order valence-corrected chi connectivity index (χ2v) is 4.23. The number of nitrogens with zero attached hydrogens (tertiary/aromatic N) is 4. The van der Waals surface area contributed by atoms with Gasteiger partial charge in [0.05, 0.1) is 0 Å². The summed E-state index contributed by atoms with van der Waals surface area (Å²) < 4.78 is 1.98. The molecule has 5 nitrogen and oxygen atoms in total. The van der Waals surface area contributed by atoms with Gasteiger partial charge in [0.15, 0.2) is 0 Å². The minimum atomic E-state index is 0.243. The molecule has 0 aromatic carbocycles. The Morgan fingerprint density at radius 2 is 2.11 bits per heavy atom. The van der Waals surface area contributed by atoms with E-state index in [0.29, 0.717) is 0 Å². The highest BCUT2D eigenvalue weighted by atomic mass is 15.3. The summed E-state index contributed by atoms with van der Waals surface area (Å²) in [6.45, 7) is 3.06. The maximum Gasteiger partial charge on any atom is 0.138 e. The molecular weight excluding hydrogens is 226 g/mol. The van der Waals surface area contributed by atoms with Gasteiger partial charge in [-0.1, -0.05) is 6.92 Å². The van der Waals surface area contributed by atoms with E-state index in [2.05, 4.69) is 27.3 Å². The average Bonchev–Trinajstić information content (AvgIpc) is 2.85. The molecule has 0 amide bonds. The summed E-state index contributed by atoms with van der Waals surface area (Å²) in [5, 5.41) is 7.57. The summed E-state index contributed by atoms with van der Waals surface area (Å²) in [4.78, 5) is 8.39. The molecule has 1 N–H and O–H groups in total. The first-order chi connectivity index (χ1) is 8.85. The van der Waals surface area contributed by atoms with E-state index in [1.54, 1.807) is 6.33 Å². The van der Waals surface area contributed by atoms with Gasteiger partial charge < -0.3 is 5.32 Å². The Kier molecular flexibility index (Phi) is 4.41. The summed E-state index contributed by atoms with van der Waals surface area (Å²) in [5.74, 6) is 1.02. The van der Waals surface area contributed by atoms with Crippen LogP contribution in [0.2, 0.25) is 0 Å². The zero-order valence-corrected chi connectivity index (χ0v) is 10.9. The maximum absolute atomic E-state index is 4.34. The molecular formula is C13H19N5. The zero-order valence-electron chi connectivity index (χ0n) is 10.9. The summed E-state index contributed by atoms with van der Waals surface area (Å²) in [7, 11) is 1.96. The van der Waals surface area contributed by atoms with Crippen molar-refractivity contribution >= 4 is 0 Å². The van der Waals surface area contributed by atoms with Gasteiger partial charge in [-0.15, -0.1) is 0 Å². The van der Waals surface area contributed by atoms with Crippen LogP contribution >= 0.6 is 0 Å². The Labute approximate surface area is 107 Å². The number of hydrogen-bond acceptors (Lipinski definition) is 4. The number of aromatic nitrogens is 4. The smallest absolute Gasteiger partial charge is 0.138 e. The van der Waals surface area contributed by atoms with Crippen molar-refractivity contribution in [2.24, 2.45) is 0 Å². The van der Waals surface area contributed by atoms with Crippen molar-refractivity contribution in [3.8, 4) is 0 Å². The van der Waals surface area contributed by atoms with E-state index in [4.69, 9.17) is 0 Å². The van der Waals surface area contributed by atoms with Gasteiger partial charge in [-0.3, -0.25) is 9.67 Å². The van der Waals surface area contributed by atoms with Gasteiger partial charge in [0.25, 0.3) is 0 Å². The standard InChI is InChI=1S/C13H19N5/c1-3-8-18-13(16-10-17-18)9-12(14-2)11-4-6-15-7-5-11/h4-7,10,12,14H,3,8-9H2,1-2H3. The Balaban J connectivity index is 2.13. The van der Waals surface area contributed by atoms with E-state index in [-0.39, 0.29) is 6.04 Å². The Bertz CT molecular complexity index is 465. The summed E-state index contributed by atoms with van der Waals surface area (Å²) in [5.41, 5.74) is 1.22. The molecule has 1 atom stereocenters. The minimum Gasteiger partial charge on any atom is -0.313 e. The molecule has 2 rings (SSSR count). The van der Waals surface area contributed by atoms with E-state index in [0.717, 1.165) is 25.2 Å². The number of rotatable bonds is 6. The van der Waals surface area contributed by atoms with Crippen molar-refractivity contribution in [1.29, 1.82) is 0 Å². The van der Waals surface area contributed by atoms with Gasteiger partial charge in [0.2, 0.25) is 0 Å². The van der Waals surface area contributed by atoms with Crippen molar-refractivity contribution in [2.75, 3.05) is 7.05 Å². The fraction of sp³-hybridized carbons (Fsp3) is 0.462. The predicted molar refractivity (Wildman–Crippen MR) is 70.1 cm³/mol. The van der Waals surface area contributed by atoms with Crippen molar-refractivity contribution in [1.82, 2.24) is 25.1 Å². The van der Waals surface area contributed by atoms with Crippen LogP contribution in [0.5, 0.6) is 0 Å². The van der Waals surface area contributed by atoms with Crippen molar-refractivity contribution in [3.63, 3.8) is 0 Å². The third-order valence-corrected chi connectivity index (χ3v) is 2.97. The summed E-state index contributed by atoms with van der Waals surface area (Å²) in [6, 6.07) is 4.30. The van der Waals surface area contributed by atoms with Crippen molar-refractivity contribution in [3.05, 3.63) is 42.2 Å².